The van der Waals surface area contributed by atoms with Gasteiger partial charge in [-0.15, -0.1) is 0 Å². The summed E-state index contributed by atoms with van der Waals surface area (Å²) in [5.74, 6) is -0.673. The average Bonchev–Trinajstić information content (AvgIpc) is 2.39. The number of alkyl halides is 3. The molecule has 0 amide bonds. The molecule has 0 aromatic carbocycles. The molecule has 0 aliphatic carbocycles. The van der Waals surface area contributed by atoms with Crippen molar-refractivity contribution in [2.24, 2.45) is 5.92 Å². The quantitative estimate of drug-likeness (QED) is 0.915. The van der Waals surface area contributed by atoms with Crippen LogP contribution in [0.25, 0.3) is 0 Å². The van der Waals surface area contributed by atoms with Crippen molar-refractivity contribution in [2.75, 3.05) is 25.0 Å². The monoisotopic (exact) mass is 274 g/mol. The van der Waals surface area contributed by atoms with Gasteiger partial charge in [-0.05, 0) is 19.9 Å². The zero-order valence-corrected chi connectivity index (χ0v) is 10.7. The van der Waals surface area contributed by atoms with Gasteiger partial charge in [0.15, 0.2) is 0 Å². The van der Waals surface area contributed by atoms with Crippen molar-refractivity contribution in [2.45, 2.75) is 25.6 Å². The third-order valence-corrected chi connectivity index (χ3v) is 3.31. The molecule has 1 aromatic rings. The van der Waals surface area contributed by atoms with Crippen LogP contribution in [-0.2, 0) is 6.54 Å². The van der Waals surface area contributed by atoms with E-state index in [0.717, 1.165) is 5.56 Å². The summed E-state index contributed by atoms with van der Waals surface area (Å²) in [5, 5.41) is 2.99. The normalized spacial score (nSPS) is 17.8. The second-order valence-corrected chi connectivity index (χ2v) is 4.72. The number of nitrogens with one attached hydrogen (secondary N) is 1. The first kappa shape index (κ1) is 14.0. The fourth-order valence-electron chi connectivity index (χ4n) is 2.21. The number of halogens is 3. The van der Waals surface area contributed by atoms with Crippen LogP contribution in [0.2, 0.25) is 0 Å². The summed E-state index contributed by atoms with van der Waals surface area (Å²) in [4.78, 5) is 10.2. The van der Waals surface area contributed by atoms with Gasteiger partial charge in [-0.1, -0.05) is 0 Å². The van der Waals surface area contributed by atoms with Gasteiger partial charge in [-0.25, -0.2) is 9.97 Å². The van der Waals surface area contributed by atoms with Gasteiger partial charge in [0, 0.05) is 37.6 Å². The van der Waals surface area contributed by atoms with Crippen LogP contribution in [0.4, 0.5) is 19.1 Å². The van der Waals surface area contributed by atoms with Gasteiger partial charge in [0.25, 0.3) is 0 Å². The predicted molar refractivity (Wildman–Crippen MR) is 65.8 cm³/mol. The lowest BCUT2D eigenvalue weighted by atomic mass is 9.96. The Morgan fingerprint density at radius 1 is 1.26 bits per heavy atom. The van der Waals surface area contributed by atoms with E-state index in [4.69, 9.17) is 0 Å². The molecule has 0 atom stereocenters. The summed E-state index contributed by atoms with van der Waals surface area (Å²) in [7, 11) is 1.83. The summed E-state index contributed by atoms with van der Waals surface area (Å²) in [5.41, 5.74) is 0.955. The number of rotatable bonds is 3. The molecular weight excluding hydrogens is 257 g/mol. The van der Waals surface area contributed by atoms with Gasteiger partial charge < -0.3 is 10.2 Å². The lowest BCUT2D eigenvalue weighted by molar-refractivity contribution is -0.179. The van der Waals surface area contributed by atoms with E-state index in [0.29, 0.717) is 25.6 Å². The van der Waals surface area contributed by atoms with Crippen molar-refractivity contribution >= 4 is 5.95 Å². The van der Waals surface area contributed by atoms with Gasteiger partial charge in [-0.3, -0.25) is 0 Å². The molecule has 4 nitrogen and oxygen atoms in total. The van der Waals surface area contributed by atoms with Crippen LogP contribution in [-0.4, -0.2) is 36.3 Å². The van der Waals surface area contributed by atoms with Crippen molar-refractivity contribution in [1.82, 2.24) is 15.3 Å². The highest BCUT2D eigenvalue weighted by molar-refractivity contribution is 5.30. The van der Waals surface area contributed by atoms with E-state index in [9.17, 15) is 13.2 Å². The second-order valence-electron chi connectivity index (χ2n) is 4.72. The SMILES string of the molecule is CNCc1cnc(N2CCC(C(F)(F)F)CC2)nc1. The Labute approximate surface area is 110 Å². The molecule has 1 fully saturated rings. The molecule has 1 N–H and O–H groups in total. The Hall–Kier alpha value is -1.37. The topological polar surface area (TPSA) is 41.1 Å². The minimum absolute atomic E-state index is 0.116. The standard InChI is InChI=1S/C12H17F3N4/c1-16-6-9-7-17-11(18-8-9)19-4-2-10(3-5-19)12(13,14)15/h7-8,10,16H,2-6H2,1H3. The van der Waals surface area contributed by atoms with Gasteiger partial charge in [0.2, 0.25) is 5.95 Å². The average molecular weight is 274 g/mol. The molecule has 1 aromatic heterocycles. The molecule has 106 valence electrons. The van der Waals surface area contributed by atoms with Crippen LogP contribution in [0.15, 0.2) is 12.4 Å². The van der Waals surface area contributed by atoms with Crippen LogP contribution >= 0.6 is 0 Å². The maximum absolute atomic E-state index is 12.6. The third-order valence-electron chi connectivity index (χ3n) is 3.31. The smallest absolute Gasteiger partial charge is 0.341 e. The number of aromatic nitrogens is 2. The first-order chi connectivity index (χ1) is 9.00. The van der Waals surface area contributed by atoms with E-state index >= 15 is 0 Å². The molecule has 0 saturated carbocycles. The molecule has 0 spiro atoms. The van der Waals surface area contributed by atoms with Gasteiger partial charge in [-0.2, -0.15) is 13.2 Å². The summed E-state index contributed by atoms with van der Waals surface area (Å²) in [6, 6.07) is 0. The number of piperidine rings is 1. The van der Waals surface area contributed by atoms with Crippen molar-refractivity contribution in [3.8, 4) is 0 Å². The lowest BCUT2D eigenvalue weighted by Gasteiger charge is -2.32. The maximum atomic E-state index is 12.6. The van der Waals surface area contributed by atoms with E-state index in [1.54, 1.807) is 12.4 Å². The fraction of sp³-hybridized carbons (Fsp3) is 0.667. The van der Waals surface area contributed by atoms with Crippen molar-refractivity contribution in [3.05, 3.63) is 18.0 Å². The second kappa shape index (κ2) is 5.73. The van der Waals surface area contributed by atoms with Crippen molar-refractivity contribution < 1.29 is 13.2 Å². The molecule has 19 heavy (non-hydrogen) atoms. The highest BCUT2D eigenvalue weighted by Gasteiger charge is 2.41. The molecule has 1 aliphatic heterocycles. The predicted octanol–water partition coefficient (Wildman–Crippen LogP) is 1.97. The summed E-state index contributed by atoms with van der Waals surface area (Å²) >= 11 is 0. The van der Waals surface area contributed by atoms with Gasteiger partial charge >= 0.3 is 6.18 Å². The van der Waals surface area contributed by atoms with Crippen LogP contribution in [0.5, 0.6) is 0 Å². The number of hydrogen-bond acceptors (Lipinski definition) is 4. The highest BCUT2D eigenvalue weighted by atomic mass is 19.4. The summed E-state index contributed by atoms with van der Waals surface area (Å²) < 4.78 is 37.7. The zero-order valence-electron chi connectivity index (χ0n) is 10.7. The molecule has 0 unspecified atom stereocenters. The van der Waals surface area contributed by atoms with E-state index < -0.39 is 12.1 Å². The Morgan fingerprint density at radius 2 is 1.84 bits per heavy atom. The molecule has 1 saturated heterocycles. The molecule has 1 aliphatic rings. The van der Waals surface area contributed by atoms with E-state index in [2.05, 4.69) is 15.3 Å². The molecular formula is C12H17F3N4. The fourth-order valence-corrected chi connectivity index (χ4v) is 2.21. The lowest BCUT2D eigenvalue weighted by Crippen LogP contribution is -2.39. The van der Waals surface area contributed by atoms with E-state index in [-0.39, 0.29) is 12.8 Å². The van der Waals surface area contributed by atoms with E-state index in [1.807, 2.05) is 11.9 Å². The molecule has 2 heterocycles. The van der Waals surface area contributed by atoms with Crippen molar-refractivity contribution in [3.63, 3.8) is 0 Å². The van der Waals surface area contributed by atoms with Crippen LogP contribution < -0.4 is 10.2 Å². The third kappa shape index (κ3) is 3.56. The minimum Gasteiger partial charge on any atom is -0.341 e. The Morgan fingerprint density at radius 3 is 2.32 bits per heavy atom. The minimum atomic E-state index is -4.08. The number of anilines is 1. The first-order valence-corrected chi connectivity index (χ1v) is 6.28. The van der Waals surface area contributed by atoms with Gasteiger partial charge in [0.1, 0.15) is 0 Å². The number of nitrogens with zero attached hydrogens (tertiary/aromatic N) is 3. The Kier molecular flexibility index (Phi) is 4.24. The number of hydrogen-bond donors (Lipinski definition) is 1. The highest BCUT2D eigenvalue weighted by Crippen LogP contribution is 2.34. The molecule has 0 bridgehead atoms. The van der Waals surface area contributed by atoms with Crippen molar-refractivity contribution in [1.29, 1.82) is 0 Å². The summed E-state index contributed by atoms with van der Waals surface area (Å²) in [6.07, 6.45) is -0.441. The van der Waals surface area contributed by atoms with Crippen LogP contribution in [0.3, 0.4) is 0 Å². The summed E-state index contributed by atoms with van der Waals surface area (Å²) in [6.45, 7) is 1.39. The Bertz CT molecular complexity index is 396. The first-order valence-electron chi connectivity index (χ1n) is 6.28. The Balaban J connectivity index is 1.94. The largest absolute Gasteiger partial charge is 0.391 e. The van der Waals surface area contributed by atoms with Crippen LogP contribution in [0.1, 0.15) is 18.4 Å². The molecule has 2 rings (SSSR count). The van der Waals surface area contributed by atoms with Gasteiger partial charge in [0.05, 0.1) is 5.92 Å². The maximum Gasteiger partial charge on any atom is 0.391 e. The molecule has 7 heteroatoms. The van der Waals surface area contributed by atoms with E-state index in [1.165, 1.54) is 0 Å². The van der Waals surface area contributed by atoms with Crippen LogP contribution in [0, 0.1) is 5.92 Å². The zero-order chi connectivity index (χ0) is 13.9. The molecule has 0 radical (unpaired) electrons.